The number of carbonyl (C=O) groups is 1. The molecule has 2 aromatic carbocycles. The predicted octanol–water partition coefficient (Wildman–Crippen LogP) is 3.07. The van der Waals surface area contributed by atoms with E-state index in [1.165, 1.54) is 4.90 Å². The molecule has 0 saturated heterocycles. The number of carbonyl (C=O) groups excluding carboxylic acids is 1. The molecule has 5 heteroatoms. The number of nitrogens with zero attached hydrogens (tertiary/aromatic N) is 1. The number of hydrogen-bond acceptors (Lipinski definition) is 2. The van der Waals surface area contributed by atoms with E-state index in [4.69, 9.17) is 23.2 Å². The highest BCUT2D eigenvalue weighted by Crippen LogP contribution is 2.53. The fourth-order valence-electron chi connectivity index (χ4n) is 2.73. The van der Waals surface area contributed by atoms with Crippen LogP contribution in [-0.2, 0) is 10.4 Å². The lowest BCUT2D eigenvalue weighted by atomic mass is 9.79. The molecule has 0 spiro atoms. The molecule has 2 aromatic rings. The Morgan fingerprint density at radius 1 is 1.00 bits per heavy atom. The van der Waals surface area contributed by atoms with Crippen LogP contribution in [0.2, 0.25) is 0 Å². The van der Waals surface area contributed by atoms with Gasteiger partial charge in [-0.2, -0.15) is 0 Å². The zero-order valence-electron chi connectivity index (χ0n) is 11.3. The molecular formula is C16H13Cl2NO2. The van der Waals surface area contributed by atoms with Crippen LogP contribution in [0.15, 0.2) is 54.6 Å². The van der Waals surface area contributed by atoms with Crippen molar-refractivity contribution < 1.29 is 9.90 Å². The molecule has 1 aliphatic heterocycles. The van der Waals surface area contributed by atoms with Gasteiger partial charge in [0.2, 0.25) is 4.33 Å². The van der Waals surface area contributed by atoms with Crippen molar-refractivity contribution in [2.45, 2.75) is 9.93 Å². The third-order valence-corrected chi connectivity index (χ3v) is 4.74. The minimum atomic E-state index is -2.00. The van der Waals surface area contributed by atoms with Gasteiger partial charge in [0.25, 0.3) is 5.91 Å². The van der Waals surface area contributed by atoms with Crippen molar-refractivity contribution in [3.8, 4) is 0 Å². The summed E-state index contributed by atoms with van der Waals surface area (Å²) in [4.78, 5) is 13.9. The first-order chi connectivity index (χ1) is 9.90. The van der Waals surface area contributed by atoms with Crippen molar-refractivity contribution in [2.24, 2.45) is 0 Å². The van der Waals surface area contributed by atoms with Crippen LogP contribution in [0.25, 0.3) is 0 Å². The number of aliphatic hydroxyl groups is 1. The molecule has 1 aliphatic rings. The maximum absolute atomic E-state index is 12.5. The van der Waals surface area contributed by atoms with E-state index in [1.807, 2.05) is 6.07 Å². The third kappa shape index (κ3) is 1.81. The predicted molar refractivity (Wildman–Crippen MR) is 83.7 cm³/mol. The quantitative estimate of drug-likeness (QED) is 0.820. The molecule has 1 amide bonds. The first kappa shape index (κ1) is 14.4. The van der Waals surface area contributed by atoms with E-state index in [0.29, 0.717) is 16.8 Å². The van der Waals surface area contributed by atoms with Crippen molar-refractivity contribution >= 4 is 34.8 Å². The number of para-hydroxylation sites is 1. The van der Waals surface area contributed by atoms with Crippen molar-refractivity contribution in [1.82, 2.24) is 0 Å². The van der Waals surface area contributed by atoms with Crippen molar-refractivity contribution in [1.29, 1.82) is 0 Å². The molecule has 1 heterocycles. The lowest BCUT2D eigenvalue weighted by molar-refractivity contribution is -0.124. The maximum atomic E-state index is 12.5. The molecule has 3 rings (SSSR count). The molecule has 0 fully saturated rings. The maximum Gasteiger partial charge on any atom is 0.266 e. The number of halogens is 2. The molecular weight excluding hydrogens is 309 g/mol. The van der Waals surface area contributed by atoms with E-state index >= 15 is 0 Å². The van der Waals surface area contributed by atoms with E-state index in [0.717, 1.165) is 0 Å². The molecule has 21 heavy (non-hydrogen) atoms. The summed E-state index contributed by atoms with van der Waals surface area (Å²) in [6.07, 6.45) is 0. The standard InChI is InChI=1S/C16H13Cl2NO2/c1-19-13-10-6-5-9-12(13)15(21,16(17,18)14(19)20)11-7-3-2-4-8-11/h2-10,21H,1H3. The Hall–Kier alpha value is -1.55. The number of anilines is 1. The lowest BCUT2D eigenvalue weighted by Gasteiger charge is -2.46. The van der Waals surface area contributed by atoms with Gasteiger partial charge in [0.1, 0.15) is 0 Å². The molecule has 0 aromatic heterocycles. The molecule has 0 radical (unpaired) electrons. The van der Waals surface area contributed by atoms with Gasteiger partial charge in [0.15, 0.2) is 5.60 Å². The van der Waals surface area contributed by atoms with Gasteiger partial charge in [-0.05, 0) is 11.6 Å². The summed E-state index contributed by atoms with van der Waals surface area (Å²) in [5, 5.41) is 11.3. The van der Waals surface area contributed by atoms with Crippen LogP contribution in [0.3, 0.4) is 0 Å². The zero-order chi connectivity index (χ0) is 15.3. The van der Waals surface area contributed by atoms with Gasteiger partial charge >= 0.3 is 0 Å². The van der Waals surface area contributed by atoms with E-state index < -0.39 is 15.8 Å². The minimum absolute atomic E-state index is 0.476. The molecule has 0 bridgehead atoms. The topological polar surface area (TPSA) is 40.5 Å². The number of benzene rings is 2. The van der Waals surface area contributed by atoms with Gasteiger partial charge in [-0.1, -0.05) is 71.7 Å². The van der Waals surface area contributed by atoms with E-state index in [1.54, 1.807) is 55.6 Å². The summed E-state index contributed by atoms with van der Waals surface area (Å²) < 4.78 is -2.00. The van der Waals surface area contributed by atoms with Crippen LogP contribution in [0.5, 0.6) is 0 Å². The molecule has 0 saturated carbocycles. The van der Waals surface area contributed by atoms with Gasteiger partial charge in [0, 0.05) is 18.3 Å². The van der Waals surface area contributed by atoms with Crippen LogP contribution in [0, 0.1) is 0 Å². The van der Waals surface area contributed by atoms with Gasteiger partial charge in [-0.3, -0.25) is 4.79 Å². The fraction of sp³-hybridized carbons (Fsp3) is 0.188. The first-order valence-electron chi connectivity index (χ1n) is 6.44. The third-order valence-electron chi connectivity index (χ3n) is 3.87. The number of rotatable bonds is 1. The summed E-state index contributed by atoms with van der Waals surface area (Å²) in [6.45, 7) is 0. The molecule has 3 nitrogen and oxygen atoms in total. The second-order valence-electron chi connectivity index (χ2n) is 5.03. The van der Waals surface area contributed by atoms with Crippen molar-refractivity contribution in [3.05, 3.63) is 65.7 Å². The van der Waals surface area contributed by atoms with E-state index in [2.05, 4.69) is 0 Å². The van der Waals surface area contributed by atoms with Gasteiger partial charge < -0.3 is 10.0 Å². The van der Waals surface area contributed by atoms with Gasteiger partial charge in [0.05, 0.1) is 0 Å². The van der Waals surface area contributed by atoms with Gasteiger partial charge in [-0.15, -0.1) is 0 Å². The van der Waals surface area contributed by atoms with Crippen LogP contribution in [-0.4, -0.2) is 22.4 Å². The summed E-state index contributed by atoms with van der Waals surface area (Å²) in [6, 6.07) is 15.8. The molecule has 1 unspecified atom stereocenters. The fourth-order valence-corrected chi connectivity index (χ4v) is 3.41. The van der Waals surface area contributed by atoms with Crippen molar-refractivity contribution in [3.63, 3.8) is 0 Å². The number of amides is 1. The summed E-state index contributed by atoms with van der Waals surface area (Å²) >= 11 is 12.6. The number of hydrogen-bond donors (Lipinski definition) is 1. The zero-order valence-corrected chi connectivity index (χ0v) is 12.8. The second-order valence-corrected chi connectivity index (χ2v) is 6.36. The monoisotopic (exact) mass is 321 g/mol. The highest BCUT2D eigenvalue weighted by atomic mass is 35.5. The van der Waals surface area contributed by atoms with Crippen LogP contribution in [0.4, 0.5) is 5.69 Å². The van der Waals surface area contributed by atoms with Crippen LogP contribution < -0.4 is 4.90 Å². The Morgan fingerprint density at radius 3 is 2.24 bits per heavy atom. The van der Waals surface area contributed by atoms with Crippen LogP contribution in [0.1, 0.15) is 11.1 Å². The normalized spacial score (nSPS) is 23.8. The molecule has 1 atom stereocenters. The average Bonchev–Trinajstić information content (AvgIpc) is 2.52. The first-order valence-corrected chi connectivity index (χ1v) is 7.19. The molecule has 0 aliphatic carbocycles. The largest absolute Gasteiger partial charge is 0.377 e. The van der Waals surface area contributed by atoms with Crippen molar-refractivity contribution in [2.75, 3.05) is 11.9 Å². The van der Waals surface area contributed by atoms with Crippen LogP contribution >= 0.6 is 23.2 Å². The Bertz CT molecular complexity index is 702. The van der Waals surface area contributed by atoms with E-state index in [-0.39, 0.29) is 0 Å². The smallest absolute Gasteiger partial charge is 0.266 e. The summed E-state index contributed by atoms with van der Waals surface area (Å²) in [5.41, 5.74) is -0.240. The lowest BCUT2D eigenvalue weighted by Crippen LogP contribution is -2.59. The van der Waals surface area contributed by atoms with Gasteiger partial charge in [-0.25, -0.2) is 0 Å². The Kier molecular flexibility index (Phi) is 3.24. The van der Waals surface area contributed by atoms with E-state index in [9.17, 15) is 9.90 Å². The SMILES string of the molecule is CN1C(=O)C(Cl)(Cl)C(O)(c2ccccc2)c2ccccc21. The summed E-state index contributed by atoms with van der Waals surface area (Å²) in [5.74, 6) is -0.559. The second kappa shape index (κ2) is 4.73. The highest BCUT2D eigenvalue weighted by Gasteiger charge is 2.61. The number of alkyl halides is 2. The highest BCUT2D eigenvalue weighted by molar-refractivity contribution is 6.60. The Morgan fingerprint density at radius 2 is 1.57 bits per heavy atom. The Balaban J connectivity index is 2.36. The Labute approximate surface area is 132 Å². The average molecular weight is 322 g/mol. The molecule has 108 valence electrons. The molecule has 1 N–H and O–H groups in total. The minimum Gasteiger partial charge on any atom is -0.377 e. The summed E-state index contributed by atoms with van der Waals surface area (Å²) in [7, 11) is 1.59. The number of fused-ring (bicyclic) bond motifs is 1.